The molecule has 12 heteroatoms. The molecule has 0 radical (unpaired) electrons. The number of rotatable bonds is 6. The molecule has 1 aliphatic rings. The van der Waals surface area contributed by atoms with Crippen LogP contribution < -0.4 is 10.1 Å². The minimum atomic E-state index is -3.70. The maximum Gasteiger partial charge on any atom is 0.311 e. The molecule has 0 bridgehead atoms. The predicted octanol–water partition coefficient (Wildman–Crippen LogP) is 6.19. The molecule has 180 valence electrons. The minimum Gasteiger partial charge on any atom is -0.490 e. The fourth-order valence-electron chi connectivity index (χ4n) is 3.37. The Morgan fingerprint density at radius 1 is 1.11 bits per heavy atom. The smallest absolute Gasteiger partial charge is 0.311 e. The molecule has 0 unspecified atom stereocenters. The Hall–Kier alpha value is -2.67. The van der Waals surface area contributed by atoms with Crippen molar-refractivity contribution < 1.29 is 22.9 Å². The highest BCUT2D eigenvalue weighted by atomic mass is 79.9. The predicted molar refractivity (Wildman–Crippen MR) is 141 cm³/mol. The number of ether oxygens (including phenoxy) is 1. The molecule has 35 heavy (non-hydrogen) atoms. The van der Waals surface area contributed by atoms with Crippen LogP contribution in [0.4, 0.5) is 11.4 Å². The van der Waals surface area contributed by atoms with Gasteiger partial charge in [-0.3, -0.25) is 14.9 Å². The molecule has 3 aromatic rings. The molecule has 8 nitrogen and oxygen atoms in total. The number of thioether (sulfide) groups is 1. The maximum absolute atomic E-state index is 13.1. The van der Waals surface area contributed by atoms with E-state index in [1.54, 1.807) is 30.3 Å². The summed E-state index contributed by atoms with van der Waals surface area (Å²) in [6.45, 7) is 0. The highest BCUT2D eigenvalue weighted by molar-refractivity contribution is 9.11. The Morgan fingerprint density at radius 3 is 2.49 bits per heavy atom. The van der Waals surface area contributed by atoms with Crippen molar-refractivity contribution in [3.63, 3.8) is 0 Å². The second-order valence-corrected chi connectivity index (χ2v) is 12.2. The summed E-state index contributed by atoms with van der Waals surface area (Å²) in [5.41, 5.74) is 1.22. The zero-order valence-corrected chi connectivity index (χ0v) is 22.8. The molecule has 4 rings (SSSR count). The lowest BCUT2D eigenvalue weighted by Crippen LogP contribution is -2.18. The molecule has 0 aliphatic carbocycles. The Bertz CT molecular complexity index is 1490. The van der Waals surface area contributed by atoms with Gasteiger partial charge in [-0.05, 0) is 53.6 Å². The van der Waals surface area contributed by atoms with E-state index < -0.39 is 20.7 Å². The van der Waals surface area contributed by atoms with Crippen LogP contribution in [0.3, 0.4) is 0 Å². The zero-order chi connectivity index (χ0) is 25.3. The van der Waals surface area contributed by atoms with E-state index in [0.29, 0.717) is 35.6 Å². The van der Waals surface area contributed by atoms with Gasteiger partial charge in [-0.15, -0.1) is 0 Å². The molecular weight excluding hydrogens is 624 g/mol. The van der Waals surface area contributed by atoms with Gasteiger partial charge >= 0.3 is 5.69 Å². The van der Waals surface area contributed by atoms with Crippen LogP contribution in [0.1, 0.15) is 11.1 Å². The number of nitrogens with one attached hydrogen (secondary N) is 1. The Morgan fingerprint density at radius 2 is 1.83 bits per heavy atom. The second kappa shape index (κ2) is 10.1. The lowest BCUT2D eigenvalue weighted by molar-refractivity contribution is -0.385. The molecule has 0 saturated carbocycles. The first-order valence-corrected chi connectivity index (χ1v) is 14.0. The van der Waals surface area contributed by atoms with Gasteiger partial charge in [0.15, 0.2) is 15.6 Å². The number of carbonyl (C=O) groups excluding carboxylic acids is 1. The molecule has 0 spiro atoms. The number of hydrogen-bond acceptors (Lipinski definition) is 7. The number of nitrogens with zero attached hydrogens (tertiary/aromatic N) is 1. The summed E-state index contributed by atoms with van der Waals surface area (Å²) in [4.78, 5) is 24.5. The van der Waals surface area contributed by atoms with Gasteiger partial charge < -0.3 is 10.1 Å². The lowest BCUT2D eigenvalue weighted by atomic mass is 10.1. The van der Waals surface area contributed by atoms with Gasteiger partial charge in [0, 0.05) is 19.9 Å². The molecule has 0 saturated heterocycles. The molecule has 1 aliphatic heterocycles. The maximum atomic E-state index is 13.1. The third kappa shape index (κ3) is 5.45. The highest BCUT2D eigenvalue weighted by Gasteiger charge is 2.25. The normalized spacial score (nSPS) is 14.4. The number of anilines is 1. The van der Waals surface area contributed by atoms with Crippen molar-refractivity contribution in [1.29, 1.82) is 0 Å². The SMILES string of the molecule is COc1ccc(C=C2Sc3ccc(S(=O)(=O)Cc4c(Br)cccc4Br)cc3NC2=O)cc1[N+](=O)[O-]. The highest BCUT2D eigenvalue weighted by Crippen LogP contribution is 2.41. The summed E-state index contributed by atoms with van der Waals surface area (Å²) in [5.74, 6) is -0.549. The van der Waals surface area contributed by atoms with Crippen molar-refractivity contribution in [3.05, 3.63) is 89.7 Å². The van der Waals surface area contributed by atoms with Crippen molar-refractivity contribution in [2.45, 2.75) is 15.5 Å². The van der Waals surface area contributed by atoms with E-state index in [0.717, 1.165) is 11.8 Å². The number of carbonyl (C=O) groups is 1. The van der Waals surface area contributed by atoms with Crippen LogP contribution in [0, 0.1) is 10.1 Å². The number of fused-ring (bicyclic) bond motifs is 1. The van der Waals surface area contributed by atoms with Crippen molar-refractivity contribution in [2.75, 3.05) is 12.4 Å². The lowest BCUT2D eigenvalue weighted by Gasteiger charge is -2.19. The number of nitro groups is 1. The van der Waals surface area contributed by atoms with E-state index in [2.05, 4.69) is 37.2 Å². The molecule has 0 aromatic heterocycles. The van der Waals surface area contributed by atoms with Gasteiger partial charge in [0.25, 0.3) is 5.91 Å². The number of sulfone groups is 1. The van der Waals surface area contributed by atoms with Crippen LogP contribution in [0.15, 0.2) is 78.2 Å². The van der Waals surface area contributed by atoms with Gasteiger partial charge in [-0.1, -0.05) is 55.8 Å². The monoisotopic (exact) mass is 638 g/mol. The van der Waals surface area contributed by atoms with Crippen molar-refractivity contribution in [1.82, 2.24) is 0 Å². The number of hydrogen-bond donors (Lipinski definition) is 1. The molecular formula is C23H16Br2N2O6S2. The summed E-state index contributed by atoms with van der Waals surface area (Å²) in [6.07, 6.45) is 1.53. The van der Waals surface area contributed by atoms with E-state index in [4.69, 9.17) is 4.74 Å². The topological polar surface area (TPSA) is 116 Å². The number of amides is 1. The minimum absolute atomic E-state index is 0.0815. The largest absolute Gasteiger partial charge is 0.490 e. The van der Waals surface area contributed by atoms with Gasteiger partial charge in [-0.25, -0.2) is 8.42 Å². The van der Waals surface area contributed by atoms with Gasteiger partial charge in [0.2, 0.25) is 0 Å². The zero-order valence-electron chi connectivity index (χ0n) is 17.9. The molecule has 1 amide bonds. The average molecular weight is 640 g/mol. The number of benzene rings is 3. The average Bonchev–Trinajstić information content (AvgIpc) is 2.81. The third-order valence-corrected chi connectivity index (χ3v) is 9.32. The molecule has 0 atom stereocenters. The first-order valence-electron chi connectivity index (χ1n) is 9.92. The second-order valence-electron chi connectivity index (χ2n) is 7.37. The van der Waals surface area contributed by atoms with E-state index in [9.17, 15) is 23.3 Å². The van der Waals surface area contributed by atoms with Crippen LogP contribution in [0.25, 0.3) is 6.08 Å². The van der Waals surface area contributed by atoms with Crippen LogP contribution in [0.2, 0.25) is 0 Å². The number of methoxy groups -OCH3 is 1. The quantitative estimate of drug-likeness (QED) is 0.194. The fraction of sp³-hybridized carbons (Fsp3) is 0.0870. The molecule has 1 N–H and O–H groups in total. The Kier molecular flexibility index (Phi) is 7.36. The van der Waals surface area contributed by atoms with Crippen LogP contribution in [-0.2, 0) is 20.4 Å². The van der Waals surface area contributed by atoms with Crippen molar-refractivity contribution in [2.24, 2.45) is 0 Å². The van der Waals surface area contributed by atoms with Crippen molar-refractivity contribution >= 4 is 76.8 Å². The van der Waals surface area contributed by atoms with E-state index in [-0.39, 0.29) is 22.1 Å². The summed E-state index contributed by atoms with van der Waals surface area (Å²) in [5, 5.41) is 14.0. The first-order chi connectivity index (χ1) is 16.6. The number of halogens is 2. The molecule has 1 heterocycles. The van der Waals surface area contributed by atoms with E-state index in [1.165, 1.54) is 37.5 Å². The van der Waals surface area contributed by atoms with Crippen LogP contribution >= 0.6 is 43.6 Å². The summed E-state index contributed by atoms with van der Waals surface area (Å²) in [6, 6.07) is 14.3. The van der Waals surface area contributed by atoms with Gasteiger partial charge in [0.05, 0.1) is 33.3 Å². The van der Waals surface area contributed by atoms with Crippen molar-refractivity contribution in [3.8, 4) is 5.75 Å². The van der Waals surface area contributed by atoms with Gasteiger partial charge in [-0.2, -0.15) is 0 Å². The standard InChI is InChI=1S/C23H16Br2N2O6S2/c1-33-20-7-5-13(9-19(20)27(29)30)10-22-23(28)26-18-11-14(6-8-21(18)34-22)35(31,32)12-15-16(24)3-2-4-17(15)25/h2-11H,12H2,1H3,(H,26,28). The van der Waals surface area contributed by atoms with Crippen LogP contribution in [-0.4, -0.2) is 26.4 Å². The summed E-state index contributed by atoms with van der Waals surface area (Å²) < 4.78 is 32.5. The van der Waals surface area contributed by atoms with E-state index in [1.807, 2.05) is 0 Å². The Balaban J connectivity index is 1.62. The van der Waals surface area contributed by atoms with Crippen LogP contribution in [0.5, 0.6) is 5.75 Å². The molecule has 0 fully saturated rings. The first kappa shape index (κ1) is 25.4. The summed E-state index contributed by atoms with van der Waals surface area (Å²) in [7, 11) is -2.36. The van der Waals surface area contributed by atoms with E-state index >= 15 is 0 Å². The number of nitro benzene ring substituents is 1. The third-order valence-electron chi connectivity index (χ3n) is 5.10. The Labute approximate surface area is 222 Å². The summed E-state index contributed by atoms with van der Waals surface area (Å²) >= 11 is 7.93. The molecule has 3 aromatic carbocycles. The van der Waals surface area contributed by atoms with Gasteiger partial charge in [0.1, 0.15) is 0 Å². The fourth-order valence-corrected chi connectivity index (χ4v) is 7.38.